The van der Waals surface area contributed by atoms with Crippen LogP contribution < -0.4 is 10.1 Å². The third-order valence-corrected chi connectivity index (χ3v) is 3.97. The van der Waals surface area contributed by atoms with Crippen molar-refractivity contribution >= 4 is 18.3 Å². The van der Waals surface area contributed by atoms with E-state index in [1.54, 1.807) is 7.11 Å². The number of halogens is 1. The molecule has 118 valence electrons. The fraction of sp³-hybridized carbons (Fsp3) is 0.562. The number of amides is 1. The molecule has 1 heterocycles. The van der Waals surface area contributed by atoms with Gasteiger partial charge in [0.05, 0.1) is 13.5 Å². The number of ether oxygens (including phenoxy) is 1. The lowest BCUT2D eigenvalue weighted by atomic mass is 9.96. The Labute approximate surface area is 133 Å². The molecule has 0 unspecified atom stereocenters. The molecule has 1 aliphatic rings. The number of rotatable bonds is 5. The van der Waals surface area contributed by atoms with Gasteiger partial charge in [-0.05, 0) is 50.0 Å². The highest BCUT2D eigenvalue weighted by Gasteiger charge is 2.22. The fourth-order valence-electron chi connectivity index (χ4n) is 2.70. The van der Waals surface area contributed by atoms with Crippen molar-refractivity contribution in [2.24, 2.45) is 5.92 Å². The molecule has 1 fully saturated rings. The molecule has 1 N–H and O–H groups in total. The summed E-state index contributed by atoms with van der Waals surface area (Å²) in [6, 6.07) is 7.73. The number of hydrogen-bond donors (Lipinski definition) is 1. The minimum Gasteiger partial charge on any atom is -0.497 e. The Bertz CT molecular complexity index is 428. The van der Waals surface area contributed by atoms with Gasteiger partial charge in [-0.1, -0.05) is 12.1 Å². The molecule has 1 aromatic carbocycles. The van der Waals surface area contributed by atoms with Crippen LogP contribution in [0.2, 0.25) is 0 Å². The van der Waals surface area contributed by atoms with Crippen LogP contribution in [0.1, 0.15) is 18.4 Å². The van der Waals surface area contributed by atoms with E-state index < -0.39 is 0 Å². The summed E-state index contributed by atoms with van der Waals surface area (Å²) in [4.78, 5) is 14.3. The smallest absolute Gasteiger partial charge is 0.226 e. The zero-order valence-corrected chi connectivity index (χ0v) is 13.6. The second kappa shape index (κ2) is 8.90. The van der Waals surface area contributed by atoms with Gasteiger partial charge in [0.1, 0.15) is 5.75 Å². The number of methoxy groups -OCH3 is 1. The molecule has 21 heavy (non-hydrogen) atoms. The normalized spacial score (nSPS) is 15.4. The summed E-state index contributed by atoms with van der Waals surface area (Å²) in [6.45, 7) is 2.84. The number of benzene rings is 1. The first-order valence-electron chi connectivity index (χ1n) is 7.28. The second-order valence-corrected chi connectivity index (χ2v) is 5.41. The van der Waals surface area contributed by atoms with Gasteiger partial charge < -0.3 is 15.0 Å². The quantitative estimate of drug-likeness (QED) is 0.905. The van der Waals surface area contributed by atoms with E-state index in [4.69, 9.17) is 4.74 Å². The van der Waals surface area contributed by atoms with Gasteiger partial charge in [-0.2, -0.15) is 0 Å². The molecule has 0 aromatic heterocycles. The van der Waals surface area contributed by atoms with Gasteiger partial charge in [-0.15, -0.1) is 12.4 Å². The van der Waals surface area contributed by atoms with Crippen LogP contribution in [-0.2, 0) is 11.2 Å². The Morgan fingerprint density at radius 2 is 1.90 bits per heavy atom. The summed E-state index contributed by atoms with van der Waals surface area (Å²) in [6.07, 6.45) is 2.70. The summed E-state index contributed by atoms with van der Waals surface area (Å²) in [5.74, 6) is 1.78. The zero-order chi connectivity index (χ0) is 14.4. The second-order valence-electron chi connectivity index (χ2n) is 5.41. The number of hydrogen-bond acceptors (Lipinski definition) is 3. The van der Waals surface area contributed by atoms with E-state index >= 15 is 0 Å². The van der Waals surface area contributed by atoms with Crippen molar-refractivity contribution in [3.63, 3.8) is 0 Å². The molecule has 1 saturated heterocycles. The Morgan fingerprint density at radius 1 is 1.29 bits per heavy atom. The van der Waals surface area contributed by atoms with Crippen molar-refractivity contribution in [1.29, 1.82) is 0 Å². The summed E-state index contributed by atoms with van der Waals surface area (Å²) >= 11 is 0. The number of likely N-dealkylation sites (tertiary alicyclic amines) is 1. The molecule has 1 aliphatic heterocycles. The van der Waals surface area contributed by atoms with Gasteiger partial charge in [0.2, 0.25) is 5.91 Å². The van der Waals surface area contributed by atoms with E-state index in [9.17, 15) is 4.79 Å². The number of nitrogens with one attached hydrogen (secondary N) is 1. The maximum absolute atomic E-state index is 12.3. The third-order valence-electron chi connectivity index (χ3n) is 3.97. The maximum atomic E-state index is 12.3. The SMILES string of the molecule is CNCC1CCN(C(=O)Cc2ccc(OC)cc2)CC1.Cl. The van der Waals surface area contributed by atoms with Gasteiger partial charge in [0, 0.05) is 13.1 Å². The number of nitrogens with zero attached hydrogens (tertiary/aromatic N) is 1. The molecule has 1 aromatic rings. The average Bonchev–Trinajstić information content (AvgIpc) is 2.49. The van der Waals surface area contributed by atoms with Crippen LogP contribution in [0, 0.1) is 5.92 Å². The van der Waals surface area contributed by atoms with Crippen LogP contribution in [0.15, 0.2) is 24.3 Å². The van der Waals surface area contributed by atoms with Crippen LogP contribution in [0.4, 0.5) is 0 Å². The molecule has 2 rings (SSSR count). The summed E-state index contributed by atoms with van der Waals surface area (Å²) in [5, 5.41) is 3.22. The standard InChI is InChI=1S/C16H24N2O2.ClH/c1-17-12-14-7-9-18(10-8-14)16(19)11-13-3-5-15(20-2)6-4-13;/h3-6,14,17H,7-12H2,1-2H3;1H. The lowest BCUT2D eigenvalue weighted by molar-refractivity contribution is -0.131. The van der Waals surface area contributed by atoms with Gasteiger partial charge in [-0.3, -0.25) is 4.79 Å². The summed E-state index contributed by atoms with van der Waals surface area (Å²) in [5.41, 5.74) is 1.05. The first kappa shape index (κ1) is 17.8. The molecular formula is C16H25ClN2O2. The van der Waals surface area contributed by atoms with Crippen LogP contribution in [-0.4, -0.2) is 44.6 Å². The number of carbonyl (C=O) groups is 1. The fourth-order valence-corrected chi connectivity index (χ4v) is 2.70. The maximum Gasteiger partial charge on any atom is 0.226 e. The van der Waals surface area contributed by atoms with E-state index in [1.807, 2.05) is 36.2 Å². The highest BCUT2D eigenvalue weighted by atomic mass is 35.5. The van der Waals surface area contributed by atoms with E-state index in [2.05, 4.69) is 5.32 Å². The van der Waals surface area contributed by atoms with Gasteiger partial charge in [0.15, 0.2) is 0 Å². The predicted molar refractivity (Wildman–Crippen MR) is 87.2 cm³/mol. The van der Waals surface area contributed by atoms with Crippen molar-refractivity contribution in [3.05, 3.63) is 29.8 Å². The Morgan fingerprint density at radius 3 is 2.43 bits per heavy atom. The molecule has 5 heteroatoms. The zero-order valence-electron chi connectivity index (χ0n) is 12.8. The van der Waals surface area contributed by atoms with Gasteiger partial charge >= 0.3 is 0 Å². The van der Waals surface area contributed by atoms with Crippen LogP contribution >= 0.6 is 12.4 Å². The Hall–Kier alpha value is -1.26. The van der Waals surface area contributed by atoms with E-state index in [0.29, 0.717) is 12.3 Å². The topological polar surface area (TPSA) is 41.6 Å². The predicted octanol–water partition coefficient (Wildman–Crippen LogP) is 2.12. The molecule has 0 aliphatic carbocycles. The molecule has 4 nitrogen and oxygen atoms in total. The monoisotopic (exact) mass is 312 g/mol. The van der Waals surface area contributed by atoms with Crippen molar-refractivity contribution in [3.8, 4) is 5.75 Å². The molecular weight excluding hydrogens is 288 g/mol. The number of piperidine rings is 1. The Kier molecular flexibility index (Phi) is 7.54. The molecule has 1 amide bonds. The average molecular weight is 313 g/mol. The first-order valence-corrected chi connectivity index (χ1v) is 7.28. The molecule has 0 bridgehead atoms. The lowest BCUT2D eigenvalue weighted by Crippen LogP contribution is -2.41. The van der Waals surface area contributed by atoms with Crippen molar-refractivity contribution in [1.82, 2.24) is 10.2 Å². The van der Waals surface area contributed by atoms with Crippen LogP contribution in [0.3, 0.4) is 0 Å². The minimum absolute atomic E-state index is 0. The molecule has 0 spiro atoms. The highest BCUT2D eigenvalue weighted by Crippen LogP contribution is 2.18. The third kappa shape index (κ3) is 5.21. The van der Waals surface area contributed by atoms with Crippen molar-refractivity contribution < 1.29 is 9.53 Å². The molecule has 0 radical (unpaired) electrons. The Balaban J connectivity index is 0.00000220. The highest BCUT2D eigenvalue weighted by molar-refractivity contribution is 5.85. The largest absolute Gasteiger partial charge is 0.497 e. The van der Waals surface area contributed by atoms with Crippen molar-refractivity contribution in [2.45, 2.75) is 19.3 Å². The van der Waals surface area contributed by atoms with Gasteiger partial charge in [0.25, 0.3) is 0 Å². The summed E-state index contributed by atoms with van der Waals surface area (Å²) in [7, 11) is 3.64. The van der Waals surface area contributed by atoms with E-state index in [-0.39, 0.29) is 18.3 Å². The van der Waals surface area contributed by atoms with Crippen molar-refractivity contribution in [2.75, 3.05) is 33.8 Å². The van der Waals surface area contributed by atoms with Crippen LogP contribution in [0.5, 0.6) is 5.75 Å². The molecule has 0 saturated carbocycles. The van der Waals surface area contributed by atoms with E-state index in [0.717, 1.165) is 43.8 Å². The number of carbonyl (C=O) groups excluding carboxylic acids is 1. The summed E-state index contributed by atoms with van der Waals surface area (Å²) < 4.78 is 5.12. The first-order chi connectivity index (χ1) is 9.72. The van der Waals surface area contributed by atoms with Gasteiger partial charge in [-0.25, -0.2) is 0 Å². The van der Waals surface area contributed by atoms with Crippen LogP contribution in [0.25, 0.3) is 0 Å². The lowest BCUT2D eigenvalue weighted by Gasteiger charge is -2.32. The molecule has 0 atom stereocenters. The van der Waals surface area contributed by atoms with E-state index in [1.165, 1.54) is 0 Å². The minimum atomic E-state index is 0.